The third kappa shape index (κ3) is 1.49. The summed E-state index contributed by atoms with van der Waals surface area (Å²) in [6.45, 7) is 0.306. The zero-order valence-corrected chi connectivity index (χ0v) is 7.79. The molecule has 0 amide bonds. The minimum Gasteiger partial charge on any atom is -0.361 e. The van der Waals surface area contributed by atoms with Gasteiger partial charge in [0, 0.05) is 24.1 Å². The first-order chi connectivity index (χ1) is 6.68. The predicted octanol–water partition coefficient (Wildman–Crippen LogP) is 2.13. The van der Waals surface area contributed by atoms with Crippen LogP contribution in [-0.2, 0) is 6.54 Å². The van der Waals surface area contributed by atoms with Crippen molar-refractivity contribution >= 4 is 10.9 Å². The van der Waals surface area contributed by atoms with Gasteiger partial charge in [-0.25, -0.2) is 4.39 Å². The average Bonchev–Trinajstić information content (AvgIpc) is 2.49. The molecule has 2 N–H and O–H groups in total. The highest BCUT2D eigenvalue weighted by atomic mass is 19.1. The number of hydrogen-bond acceptors (Lipinski definition) is 2. The van der Waals surface area contributed by atoms with Gasteiger partial charge in [0.05, 0.1) is 6.54 Å². The molecular weight excluding hydrogens is 183 g/mol. The second-order valence-electron chi connectivity index (χ2n) is 3.29. The number of benzene rings is 1. The molecular formula is C10H11FN2O. The van der Waals surface area contributed by atoms with Gasteiger partial charge in [0.15, 0.2) is 0 Å². The number of rotatable bonds is 2. The maximum atomic E-state index is 13.4. The molecule has 0 atom stereocenters. The molecule has 74 valence electrons. The summed E-state index contributed by atoms with van der Waals surface area (Å²) >= 11 is 0. The smallest absolute Gasteiger partial charge is 0.132 e. The van der Waals surface area contributed by atoms with E-state index in [-0.39, 0.29) is 5.82 Å². The van der Waals surface area contributed by atoms with Gasteiger partial charge in [-0.15, -0.1) is 0 Å². The van der Waals surface area contributed by atoms with Crippen molar-refractivity contribution in [1.82, 2.24) is 10.0 Å². The molecule has 4 heteroatoms. The summed E-state index contributed by atoms with van der Waals surface area (Å²) in [6.07, 6.45) is 1.71. The minimum absolute atomic E-state index is 0.263. The van der Waals surface area contributed by atoms with Gasteiger partial charge in [-0.05, 0) is 17.7 Å². The van der Waals surface area contributed by atoms with Crippen molar-refractivity contribution in [3.63, 3.8) is 0 Å². The highest BCUT2D eigenvalue weighted by Gasteiger charge is 2.08. The molecule has 0 saturated heterocycles. The van der Waals surface area contributed by atoms with Crippen molar-refractivity contribution < 1.29 is 9.60 Å². The highest BCUT2D eigenvalue weighted by Crippen LogP contribution is 2.21. The lowest BCUT2D eigenvalue weighted by Crippen LogP contribution is -2.11. The van der Waals surface area contributed by atoms with Crippen LogP contribution in [-0.4, -0.2) is 22.3 Å². The van der Waals surface area contributed by atoms with Gasteiger partial charge >= 0.3 is 0 Å². The summed E-state index contributed by atoms with van der Waals surface area (Å²) in [5, 5.41) is 10.6. The van der Waals surface area contributed by atoms with Crippen LogP contribution < -0.4 is 0 Å². The van der Waals surface area contributed by atoms with Crippen molar-refractivity contribution in [1.29, 1.82) is 0 Å². The zero-order chi connectivity index (χ0) is 10.1. The lowest BCUT2D eigenvalue weighted by molar-refractivity contribution is -0.0728. The molecule has 0 aliphatic carbocycles. The van der Waals surface area contributed by atoms with Gasteiger partial charge in [0.25, 0.3) is 0 Å². The number of H-pyrrole nitrogens is 1. The standard InChI is InChI=1S/C10H11FN2O/c1-13(14)6-7-5-12-9-4-2-3-8(11)10(7)9/h2-5,12,14H,6H2,1H3. The molecule has 3 nitrogen and oxygen atoms in total. The van der Waals surface area contributed by atoms with E-state index in [1.54, 1.807) is 18.3 Å². The summed E-state index contributed by atoms with van der Waals surface area (Å²) < 4.78 is 13.4. The average molecular weight is 194 g/mol. The molecule has 0 radical (unpaired) electrons. The monoisotopic (exact) mass is 194 g/mol. The molecule has 2 rings (SSSR count). The quantitative estimate of drug-likeness (QED) is 0.719. The fourth-order valence-electron chi connectivity index (χ4n) is 1.58. The van der Waals surface area contributed by atoms with Crippen molar-refractivity contribution in [3.8, 4) is 0 Å². The van der Waals surface area contributed by atoms with Crippen LogP contribution in [0, 0.1) is 5.82 Å². The maximum Gasteiger partial charge on any atom is 0.132 e. The summed E-state index contributed by atoms with van der Waals surface area (Å²) in [7, 11) is 1.53. The molecule has 1 aromatic heterocycles. The number of hydrogen-bond donors (Lipinski definition) is 2. The zero-order valence-electron chi connectivity index (χ0n) is 7.79. The molecule has 0 spiro atoms. The lowest BCUT2D eigenvalue weighted by atomic mass is 10.1. The molecule has 1 aromatic carbocycles. The van der Waals surface area contributed by atoms with E-state index in [0.717, 1.165) is 16.1 Å². The summed E-state index contributed by atoms with van der Waals surface area (Å²) in [5.74, 6) is -0.263. The van der Waals surface area contributed by atoms with Gasteiger partial charge in [-0.1, -0.05) is 6.07 Å². The van der Waals surface area contributed by atoms with Crippen molar-refractivity contribution in [3.05, 3.63) is 35.8 Å². The van der Waals surface area contributed by atoms with E-state index in [0.29, 0.717) is 11.9 Å². The Labute approximate surface area is 80.7 Å². The Morgan fingerprint density at radius 3 is 3.00 bits per heavy atom. The van der Waals surface area contributed by atoms with Crippen LogP contribution in [0.25, 0.3) is 10.9 Å². The Hall–Kier alpha value is -1.39. The summed E-state index contributed by atoms with van der Waals surface area (Å²) in [6, 6.07) is 4.87. The Bertz CT molecular complexity index is 450. The number of nitrogens with one attached hydrogen (secondary N) is 1. The first-order valence-corrected chi connectivity index (χ1v) is 4.33. The van der Waals surface area contributed by atoms with E-state index in [1.165, 1.54) is 13.1 Å². The Morgan fingerprint density at radius 1 is 1.50 bits per heavy atom. The number of nitrogens with zero attached hydrogens (tertiary/aromatic N) is 1. The van der Waals surface area contributed by atoms with Gasteiger partial charge in [0.1, 0.15) is 5.82 Å². The molecule has 0 bridgehead atoms. The van der Waals surface area contributed by atoms with E-state index < -0.39 is 0 Å². The normalized spacial score (nSPS) is 11.4. The highest BCUT2D eigenvalue weighted by molar-refractivity contribution is 5.83. The fraction of sp³-hybridized carbons (Fsp3) is 0.200. The van der Waals surface area contributed by atoms with Crippen LogP contribution in [0.15, 0.2) is 24.4 Å². The number of aromatic nitrogens is 1. The Balaban J connectivity index is 2.55. The van der Waals surface area contributed by atoms with Gasteiger partial charge in [0.2, 0.25) is 0 Å². The Morgan fingerprint density at radius 2 is 2.29 bits per heavy atom. The first-order valence-electron chi connectivity index (χ1n) is 4.33. The third-order valence-electron chi connectivity index (χ3n) is 2.14. The van der Waals surface area contributed by atoms with Crippen LogP contribution in [0.1, 0.15) is 5.56 Å². The van der Waals surface area contributed by atoms with Crippen LogP contribution >= 0.6 is 0 Å². The molecule has 0 unspecified atom stereocenters. The van der Waals surface area contributed by atoms with Gasteiger partial charge in [-0.3, -0.25) is 0 Å². The topological polar surface area (TPSA) is 39.3 Å². The summed E-state index contributed by atoms with van der Waals surface area (Å²) in [5.41, 5.74) is 1.50. The van der Waals surface area contributed by atoms with Crippen LogP contribution in [0.3, 0.4) is 0 Å². The molecule has 0 fully saturated rings. The lowest BCUT2D eigenvalue weighted by Gasteiger charge is -2.06. The van der Waals surface area contributed by atoms with E-state index >= 15 is 0 Å². The van der Waals surface area contributed by atoms with Gasteiger partial charge < -0.3 is 10.2 Å². The third-order valence-corrected chi connectivity index (χ3v) is 2.14. The predicted molar refractivity (Wildman–Crippen MR) is 51.5 cm³/mol. The molecule has 0 aliphatic heterocycles. The number of aromatic amines is 1. The second kappa shape index (κ2) is 3.40. The maximum absolute atomic E-state index is 13.4. The molecule has 14 heavy (non-hydrogen) atoms. The number of fused-ring (bicyclic) bond motifs is 1. The second-order valence-corrected chi connectivity index (χ2v) is 3.29. The van der Waals surface area contributed by atoms with Crippen LogP contribution in [0.5, 0.6) is 0 Å². The van der Waals surface area contributed by atoms with Crippen LogP contribution in [0.2, 0.25) is 0 Å². The van der Waals surface area contributed by atoms with E-state index in [1.807, 2.05) is 0 Å². The molecule has 0 saturated carbocycles. The van der Waals surface area contributed by atoms with Crippen LogP contribution in [0.4, 0.5) is 4.39 Å². The first kappa shape index (κ1) is 9.18. The Kier molecular flexibility index (Phi) is 2.23. The van der Waals surface area contributed by atoms with Crippen molar-refractivity contribution in [2.45, 2.75) is 6.54 Å². The summed E-state index contributed by atoms with van der Waals surface area (Å²) in [4.78, 5) is 2.96. The van der Waals surface area contributed by atoms with E-state index in [2.05, 4.69) is 4.98 Å². The number of hydroxylamine groups is 2. The minimum atomic E-state index is -0.263. The fourth-order valence-corrected chi connectivity index (χ4v) is 1.58. The molecule has 2 aromatic rings. The molecule has 0 aliphatic rings. The van der Waals surface area contributed by atoms with Gasteiger partial charge in [-0.2, -0.15) is 5.06 Å². The number of halogens is 1. The SMILES string of the molecule is CN(O)Cc1c[nH]c2cccc(F)c12. The van der Waals surface area contributed by atoms with Crippen molar-refractivity contribution in [2.24, 2.45) is 0 Å². The largest absolute Gasteiger partial charge is 0.361 e. The molecule has 1 heterocycles. The van der Waals surface area contributed by atoms with E-state index in [9.17, 15) is 4.39 Å². The van der Waals surface area contributed by atoms with Crippen molar-refractivity contribution in [2.75, 3.05) is 7.05 Å². The van der Waals surface area contributed by atoms with E-state index in [4.69, 9.17) is 5.21 Å².